The molecule has 4 aliphatic heterocycles. The summed E-state index contributed by atoms with van der Waals surface area (Å²) in [5, 5.41) is 10.8. The number of hydrogen-bond donors (Lipinski definition) is 3. The van der Waals surface area contributed by atoms with Crippen LogP contribution in [-0.2, 0) is 35.6 Å². The number of hydrogen-bond acceptors (Lipinski definition) is 10. The van der Waals surface area contributed by atoms with Gasteiger partial charge in [0.1, 0.15) is 11.9 Å². The summed E-state index contributed by atoms with van der Waals surface area (Å²) in [6.07, 6.45) is 8.12. The molecule has 64 heavy (non-hydrogen) atoms. The van der Waals surface area contributed by atoms with Crippen molar-refractivity contribution in [2.75, 3.05) is 44.2 Å². The molecule has 3 aromatic heterocycles. The van der Waals surface area contributed by atoms with Gasteiger partial charge in [-0.15, -0.1) is 0 Å². The van der Waals surface area contributed by atoms with Crippen molar-refractivity contribution in [1.82, 2.24) is 45.1 Å². The Morgan fingerprint density at radius 1 is 0.906 bits per heavy atom. The SMILES string of the molecule is CCCc1cc(C)[nH]c(=O)c1CNC(=O)c1cc(-c2ccc(N3CCN(C4CCN(Cc5ccc6c(c5)CN(C5CCC(=O)NC5=O)C6=O)CC4)CC3)nc2)cc2c1cnn2C(C)C. The largest absolute Gasteiger partial charge is 0.354 e. The van der Waals surface area contributed by atoms with Crippen LogP contribution in [0.15, 0.2) is 65.7 Å². The second-order valence-electron chi connectivity index (χ2n) is 18.2. The third-order valence-electron chi connectivity index (χ3n) is 13.5. The van der Waals surface area contributed by atoms with Crippen LogP contribution in [0.5, 0.6) is 0 Å². The molecule has 334 valence electrons. The smallest absolute Gasteiger partial charge is 0.255 e. The standard InChI is InChI=1S/C49H58N10O5/c1-5-6-33-21-31(4)53-47(62)40(33)26-51-46(61)39-23-35(24-43-41(39)27-52-59(43)30(2)3)34-8-11-44(50-25-34)57-19-17-56(18-20-57)37-13-15-55(16-14-37)28-32-7-9-38-36(22-32)29-58(49(38)64)42-10-12-45(60)54-48(42)63/h7-9,11,21-25,27,30,37,42H,5-6,10,12-20,26,28-29H2,1-4H3,(H,51,61)(H,53,62)(H,54,60,63). The molecule has 4 aliphatic rings. The van der Waals surface area contributed by atoms with Crippen molar-refractivity contribution in [3.63, 3.8) is 0 Å². The van der Waals surface area contributed by atoms with E-state index in [0.717, 1.165) is 116 Å². The molecule has 3 fully saturated rings. The van der Waals surface area contributed by atoms with Crippen molar-refractivity contribution in [2.45, 2.75) is 104 Å². The molecule has 0 saturated carbocycles. The van der Waals surface area contributed by atoms with Crippen molar-refractivity contribution in [1.29, 1.82) is 0 Å². The minimum atomic E-state index is -0.602. The summed E-state index contributed by atoms with van der Waals surface area (Å²) < 4.78 is 1.93. The maximum atomic E-state index is 13.9. The lowest BCUT2D eigenvalue weighted by Gasteiger charge is -2.43. The highest BCUT2D eigenvalue weighted by Gasteiger charge is 2.39. The lowest BCUT2D eigenvalue weighted by molar-refractivity contribution is -0.136. The third kappa shape index (κ3) is 8.70. The Kier molecular flexibility index (Phi) is 12.2. The molecule has 15 nitrogen and oxygen atoms in total. The zero-order valence-electron chi connectivity index (χ0n) is 37.3. The van der Waals surface area contributed by atoms with Crippen LogP contribution in [0.1, 0.15) is 108 Å². The van der Waals surface area contributed by atoms with Gasteiger partial charge in [0.25, 0.3) is 17.4 Å². The fourth-order valence-corrected chi connectivity index (χ4v) is 10.1. The minimum Gasteiger partial charge on any atom is -0.354 e. The van der Waals surface area contributed by atoms with Gasteiger partial charge in [0.2, 0.25) is 11.8 Å². The van der Waals surface area contributed by atoms with Gasteiger partial charge in [-0.1, -0.05) is 25.5 Å². The number of rotatable bonds is 12. The van der Waals surface area contributed by atoms with Crippen LogP contribution in [0.25, 0.3) is 22.0 Å². The van der Waals surface area contributed by atoms with Gasteiger partial charge in [0.15, 0.2) is 0 Å². The Morgan fingerprint density at radius 3 is 2.42 bits per heavy atom. The molecule has 7 heterocycles. The zero-order chi connectivity index (χ0) is 44.6. The number of H-pyrrole nitrogens is 1. The first kappa shape index (κ1) is 43.1. The summed E-state index contributed by atoms with van der Waals surface area (Å²) in [7, 11) is 0. The lowest BCUT2D eigenvalue weighted by Crippen LogP contribution is -2.53. The molecule has 0 radical (unpaired) electrons. The van der Waals surface area contributed by atoms with Gasteiger partial charge >= 0.3 is 0 Å². The number of piperidine rings is 2. The van der Waals surface area contributed by atoms with Crippen LogP contribution in [0.2, 0.25) is 0 Å². The van der Waals surface area contributed by atoms with E-state index in [-0.39, 0.29) is 48.2 Å². The number of aryl methyl sites for hydroxylation is 2. The van der Waals surface area contributed by atoms with Gasteiger partial charge in [0, 0.05) is 98.3 Å². The molecule has 1 atom stereocenters. The van der Waals surface area contributed by atoms with E-state index in [9.17, 15) is 24.0 Å². The monoisotopic (exact) mass is 866 g/mol. The van der Waals surface area contributed by atoms with E-state index in [2.05, 4.69) is 80.5 Å². The number of likely N-dealkylation sites (tertiary alicyclic amines) is 1. The molecule has 4 amide bonds. The molecule has 15 heteroatoms. The van der Waals surface area contributed by atoms with Gasteiger partial charge in [-0.25, -0.2) is 4.98 Å². The summed E-state index contributed by atoms with van der Waals surface area (Å²) in [5.41, 5.74) is 8.11. The molecule has 3 N–H and O–H groups in total. The quantitative estimate of drug-likeness (QED) is 0.144. The Balaban J connectivity index is 0.799. The maximum Gasteiger partial charge on any atom is 0.255 e. The molecular formula is C49H58N10O5. The normalized spacial score (nSPS) is 18.9. The maximum absolute atomic E-state index is 13.9. The Morgan fingerprint density at radius 2 is 1.70 bits per heavy atom. The molecule has 9 rings (SSSR count). The Labute approximate surface area is 373 Å². The second-order valence-corrected chi connectivity index (χ2v) is 18.2. The average Bonchev–Trinajstić information content (AvgIpc) is 3.87. The number of carbonyl (C=O) groups excluding carboxylic acids is 4. The molecule has 0 bridgehead atoms. The second kappa shape index (κ2) is 18.1. The van der Waals surface area contributed by atoms with E-state index < -0.39 is 6.04 Å². The number of nitrogens with one attached hydrogen (secondary N) is 3. The summed E-state index contributed by atoms with van der Waals surface area (Å²) in [4.78, 5) is 81.1. The van der Waals surface area contributed by atoms with Crippen LogP contribution in [0.4, 0.5) is 5.82 Å². The Bertz CT molecular complexity index is 2650. The fourth-order valence-electron chi connectivity index (χ4n) is 10.1. The van der Waals surface area contributed by atoms with Crippen molar-refractivity contribution in [3.8, 4) is 11.1 Å². The van der Waals surface area contributed by atoms with E-state index in [0.29, 0.717) is 35.7 Å². The minimum absolute atomic E-state index is 0.0885. The summed E-state index contributed by atoms with van der Waals surface area (Å²) >= 11 is 0. The van der Waals surface area contributed by atoms with Crippen molar-refractivity contribution in [3.05, 3.63) is 110 Å². The fraction of sp³-hybridized carbons (Fsp3) is 0.449. The number of aromatic nitrogens is 4. The van der Waals surface area contributed by atoms with Crippen molar-refractivity contribution in [2.24, 2.45) is 0 Å². The van der Waals surface area contributed by atoms with Gasteiger partial charge < -0.3 is 20.1 Å². The Hall–Kier alpha value is -6.19. The van der Waals surface area contributed by atoms with E-state index in [4.69, 9.17) is 4.98 Å². The molecule has 1 unspecified atom stereocenters. The van der Waals surface area contributed by atoms with Gasteiger partial charge in [-0.05, 0) is 118 Å². The number of imide groups is 1. The van der Waals surface area contributed by atoms with Crippen LogP contribution in [-0.4, -0.2) is 109 Å². The molecule has 0 aliphatic carbocycles. The predicted octanol–water partition coefficient (Wildman–Crippen LogP) is 5.11. The van der Waals surface area contributed by atoms with Crippen LogP contribution in [0, 0.1) is 6.92 Å². The molecule has 0 spiro atoms. The van der Waals surface area contributed by atoms with Crippen molar-refractivity contribution < 1.29 is 19.2 Å². The lowest BCUT2D eigenvalue weighted by atomic mass is 10.00. The highest BCUT2D eigenvalue weighted by molar-refractivity contribution is 6.08. The highest BCUT2D eigenvalue weighted by Crippen LogP contribution is 2.32. The zero-order valence-corrected chi connectivity index (χ0v) is 37.3. The molecule has 2 aromatic carbocycles. The number of fused-ring (bicyclic) bond motifs is 2. The van der Waals surface area contributed by atoms with E-state index >= 15 is 0 Å². The average molecular weight is 867 g/mol. The molecular weight excluding hydrogens is 809 g/mol. The predicted molar refractivity (Wildman–Crippen MR) is 245 cm³/mol. The van der Waals surface area contributed by atoms with E-state index in [1.54, 1.807) is 11.1 Å². The molecule has 5 aromatic rings. The number of aromatic amines is 1. The first-order valence-corrected chi connectivity index (χ1v) is 22.9. The van der Waals surface area contributed by atoms with E-state index in [1.807, 2.05) is 42.1 Å². The number of carbonyl (C=O) groups is 4. The number of nitrogens with zero attached hydrogens (tertiary/aromatic N) is 7. The number of amides is 4. The van der Waals surface area contributed by atoms with Crippen molar-refractivity contribution >= 4 is 40.3 Å². The van der Waals surface area contributed by atoms with Gasteiger partial charge in [-0.2, -0.15) is 5.10 Å². The first-order chi connectivity index (χ1) is 30.9. The number of piperazine rings is 1. The summed E-state index contributed by atoms with van der Waals surface area (Å²) in [5.74, 6) is -0.123. The van der Waals surface area contributed by atoms with Crippen LogP contribution >= 0.6 is 0 Å². The van der Waals surface area contributed by atoms with Gasteiger partial charge in [-0.3, -0.25) is 43.8 Å². The topological polar surface area (TPSA) is 169 Å². The summed E-state index contributed by atoms with van der Waals surface area (Å²) in [6, 6.07) is 16.2. The number of anilines is 1. The highest BCUT2D eigenvalue weighted by atomic mass is 16.2. The van der Waals surface area contributed by atoms with Gasteiger partial charge in [0.05, 0.1) is 17.3 Å². The van der Waals surface area contributed by atoms with Crippen LogP contribution < -0.4 is 21.1 Å². The summed E-state index contributed by atoms with van der Waals surface area (Å²) in [6.45, 7) is 15.2. The van der Waals surface area contributed by atoms with Crippen LogP contribution in [0.3, 0.4) is 0 Å². The first-order valence-electron chi connectivity index (χ1n) is 22.9. The number of benzene rings is 2. The third-order valence-corrected chi connectivity index (χ3v) is 13.5. The van der Waals surface area contributed by atoms with E-state index in [1.165, 1.54) is 5.56 Å². The number of pyridine rings is 2. The molecule has 3 saturated heterocycles.